The largest absolute Gasteiger partial charge is 0.493 e. The van der Waals surface area contributed by atoms with Crippen LogP contribution in [0.4, 0.5) is 35.4 Å². The molecule has 6 aromatic rings. The Morgan fingerprint density at radius 1 is 1.02 bits per heavy atom. The molecule has 2 saturated heterocycles. The Bertz CT molecular complexity index is 2380. The van der Waals surface area contributed by atoms with Crippen molar-refractivity contribution in [3.63, 3.8) is 0 Å². The molecule has 0 aliphatic carbocycles. The molecule has 2 aliphatic heterocycles. The summed E-state index contributed by atoms with van der Waals surface area (Å²) in [6.45, 7) is 2.19. The van der Waals surface area contributed by atoms with E-state index in [1.54, 1.807) is 11.0 Å². The quantitative estimate of drug-likeness (QED) is 0.125. The Morgan fingerprint density at radius 3 is 2.40 bits per heavy atom. The standard InChI is InChI=1S/C40H39F3N10O7/c1-2-25-18-29(59-50-25)33-31(54)32(55)36(58-33)52-22-46-30-34(45-20-28(23-10-5-3-6-11-23)24-12-7-4-8-13-24)48-38(49-35(30)52)51-17-15-27(21-51)53(60-37(56)40(41,42)43)39(57)47-26-14-9-16-44-19-26/h3-14,16,18-19,22,27-28,31-33,36,54-55H,2,15,17,20-21H2,1H3,(H,47,57)(H,45,48,49)/t27-,31+,32-,33-,36-/m1/s1. The minimum atomic E-state index is -5.39. The maximum Gasteiger partial charge on any atom is 0.493 e. The number of hydrogen-bond donors (Lipinski definition) is 4. The van der Waals surface area contributed by atoms with Crippen LogP contribution in [0.2, 0.25) is 0 Å². The number of aryl methyl sites for hydroxylation is 1. The lowest BCUT2D eigenvalue weighted by molar-refractivity contribution is -0.232. The van der Waals surface area contributed by atoms with Crippen LogP contribution >= 0.6 is 0 Å². The van der Waals surface area contributed by atoms with Crippen LogP contribution in [-0.2, 0) is 20.8 Å². The van der Waals surface area contributed by atoms with E-state index in [0.29, 0.717) is 23.7 Å². The topological polar surface area (TPSA) is 206 Å². The number of carbonyl (C=O) groups is 2. The molecule has 5 atom stereocenters. The second-order valence-electron chi connectivity index (χ2n) is 14.2. The van der Waals surface area contributed by atoms with E-state index in [1.807, 2.05) is 67.6 Å². The summed E-state index contributed by atoms with van der Waals surface area (Å²) in [5.41, 5.74) is 3.30. The zero-order chi connectivity index (χ0) is 42.0. The number of aliphatic hydroxyl groups is 2. The minimum absolute atomic E-state index is 0.0500. The lowest BCUT2D eigenvalue weighted by atomic mass is 9.91. The van der Waals surface area contributed by atoms with E-state index in [1.165, 1.54) is 35.4 Å². The number of carbonyl (C=O) groups excluding carboxylic acids is 2. The van der Waals surface area contributed by atoms with E-state index in [9.17, 15) is 33.0 Å². The van der Waals surface area contributed by atoms with E-state index in [0.717, 1.165) is 11.1 Å². The number of aromatic nitrogens is 6. The number of nitrogens with zero attached hydrogens (tertiary/aromatic N) is 8. The van der Waals surface area contributed by atoms with Crippen molar-refractivity contribution in [2.45, 2.75) is 62.4 Å². The van der Waals surface area contributed by atoms with Gasteiger partial charge in [0.2, 0.25) is 5.95 Å². The first-order chi connectivity index (χ1) is 29.0. The lowest BCUT2D eigenvalue weighted by Crippen LogP contribution is -2.47. The zero-order valence-corrected chi connectivity index (χ0v) is 31.9. The predicted octanol–water partition coefficient (Wildman–Crippen LogP) is 5.14. The Labute approximate surface area is 339 Å². The number of anilines is 3. The van der Waals surface area contributed by atoms with Gasteiger partial charge in [0, 0.05) is 37.8 Å². The van der Waals surface area contributed by atoms with E-state index in [-0.39, 0.29) is 59.8 Å². The number of nitrogens with one attached hydrogen (secondary N) is 2. The molecule has 2 aromatic carbocycles. The number of rotatable bonds is 11. The fraction of sp³-hybridized carbons (Fsp3) is 0.325. The highest BCUT2D eigenvalue weighted by Crippen LogP contribution is 2.41. The van der Waals surface area contributed by atoms with E-state index >= 15 is 0 Å². The minimum Gasteiger partial charge on any atom is -0.387 e. The predicted molar refractivity (Wildman–Crippen MR) is 207 cm³/mol. The zero-order valence-electron chi connectivity index (χ0n) is 31.9. The third-order valence-electron chi connectivity index (χ3n) is 10.3. The number of hydroxylamine groups is 2. The van der Waals surface area contributed by atoms with Crippen LogP contribution < -0.4 is 15.5 Å². The molecule has 60 heavy (non-hydrogen) atoms. The average Bonchev–Trinajstić information content (AvgIpc) is 4.08. The summed E-state index contributed by atoms with van der Waals surface area (Å²) < 4.78 is 53.4. The van der Waals surface area contributed by atoms with Gasteiger partial charge in [-0.1, -0.05) is 72.7 Å². The number of halogens is 3. The molecule has 2 fully saturated rings. The SMILES string of the molecule is CCc1cc([C@H]2O[C@@H](n3cnc4c(NCC(c5ccccc5)c5ccccc5)nc(N5CC[C@@H](N(OC(=O)C(F)(F)F)C(=O)Nc6cccnc6)C5)nc43)[C@H](O)[C@@H]2O)on1. The molecular formula is C40H39F3N10O7. The Hall–Kier alpha value is -6.64. The molecule has 8 rings (SSSR count). The first-order valence-electron chi connectivity index (χ1n) is 19.1. The van der Waals surface area contributed by atoms with Gasteiger partial charge in [-0.2, -0.15) is 23.1 Å². The van der Waals surface area contributed by atoms with Crippen LogP contribution in [-0.4, -0.2) is 101 Å². The molecule has 0 unspecified atom stereocenters. The first kappa shape index (κ1) is 40.2. The van der Waals surface area contributed by atoms with Crippen molar-refractivity contribution in [3.8, 4) is 0 Å². The van der Waals surface area contributed by atoms with Crippen LogP contribution in [0.25, 0.3) is 11.2 Å². The summed E-state index contributed by atoms with van der Waals surface area (Å²) in [4.78, 5) is 49.9. The van der Waals surface area contributed by atoms with Crippen molar-refractivity contribution >= 4 is 40.6 Å². The normalized spacial score (nSPS) is 20.4. The van der Waals surface area contributed by atoms with Crippen molar-refractivity contribution in [2.75, 3.05) is 35.2 Å². The summed E-state index contributed by atoms with van der Waals surface area (Å²) >= 11 is 0. The van der Waals surface area contributed by atoms with Gasteiger partial charge in [-0.05, 0) is 36.1 Å². The molecule has 0 spiro atoms. The van der Waals surface area contributed by atoms with Crippen molar-refractivity contribution < 1.29 is 47.1 Å². The van der Waals surface area contributed by atoms with Gasteiger partial charge in [0.1, 0.15) is 18.3 Å². The van der Waals surface area contributed by atoms with Gasteiger partial charge in [-0.3, -0.25) is 9.55 Å². The van der Waals surface area contributed by atoms with Crippen molar-refractivity contribution in [2.24, 2.45) is 0 Å². The molecular weight excluding hydrogens is 789 g/mol. The number of alkyl halides is 3. The highest BCUT2D eigenvalue weighted by molar-refractivity contribution is 5.90. The third kappa shape index (κ3) is 8.29. The summed E-state index contributed by atoms with van der Waals surface area (Å²) in [5, 5.41) is 32.6. The van der Waals surface area contributed by atoms with E-state index in [4.69, 9.17) is 19.2 Å². The van der Waals surface area contributed by atoms with Crippen LogP contribution in [0.15, 0.2) is 102 Å². The number of ether oxygens (including phenoxy) is 1. The number of pyridine rings is 1. The van der Waals surface area contributed by atoms with Gasteiger partial charge in [0.05, 0.1) is 29.9 Å². The Balaban J connectivity index is 1.14. The number of imidazole rings is 1. The van der Waals surface area contributed by atoms with Crippen LogP contribution in [0.1, 0.15) is 54.2 Å². The Kier molecular flexibility index (Phi) is 11.3. The molecule has 2 aliphatic rings. The molecule has 0 bridgehead atoms. The van der Waals surface area contributed by atoms with Gasteiger partial charge in [-0.15, -0.1) is 5.06 Å². The molecule has 4 N–H and O–H groups in total. The molecule has 0 saturated carbocycles. The van der Waals surface area contributed by atoms with Crippen molar-refractivity contribution in [1.29, 1.82) is 0 Å². The number of amides is 2. The van der Waals surface area contributed by atoms with E-state index < -0.39 is 48.8 Å². The van der Waals surface area contributed by atoms with Crippen LogP contribution in [0.3, 0.4) is 0 Å². The van der Waals surface area contributed by atoms with Gasteiger partial charge < -0.3 is 39.8 Å². The number of benzene rings is 2. The van der Waals surface area contributed by atoms with Gasteiger partial charge in [0.25, 0.3) is 0 Å². The number of urea groups is 1. The molecule has 4 aromatic heterocycles. The molecule has 17 nitrogen and oxygen atoms in total. The molecule has 0 radical (unpaired) electrons. The first-order valence-corrected chi connectivity index (χ1v) is 19.1. The van der Waals surface area contributed by atoms with Gasteiger partial charge in [0.15, 0.2) is 29.0 Å². The molecule has 20 heteroatoms. The summed E-state index contributed by atoms with van der Waals surface area (Å²) in [7, 11) is 0. The fourth-order valence-electron chi connectivity index (χ4n) is 7.26. The number of hydrogen-bond acceptors (Lipinski definition) is 14. The summed E-state index contributed by atoms with van der Waals surface area (Å²) in [6.07, 6.45) is -5.80. The van der Waals surface area contributed by atoms with Crippen LogP contribution in [0, 0.1) is 0 Å². The van der Waals surface area contributed by atoms with Gasteiger partial charge in [-0.25, -0.2) is 14.6 Å². The number of aliphatic hydroxyl groups excluding tert-OH is 2. The second kappa shape index (κ2) is 16.9. The number of fused-ring (bicyclic) bond motifs is 1. The van der Waals surface area contributed by atoms with Crippen LogP contribution in [0.5, 0.6) is 0 Å². The summed E-state index contributed by atoms with van der Waals surface area (Å²) in [5.74, 6) is -2.15. The smallest absolute Gasteiger partial charge is 0.387 e. The third-order valence-corrected chi connectivity index (χ3v) is 10.3. The van der Waals surface area contributed by atoms with Gasteiger partial charge >= 0.3 is 18.2 Å². The van der Waals surface area contributed by atoms with Crippen molar-refractivity contribution in [3.05, 3.63) is 120 Å². The maximum absolute atomic E-state index is 13.5. The monoisotopic (exact) mass is 828 g/mol. The highest BCUT2D eigenvalue weighted by atomic mass is 19.4. The average molecular weight is 829 g/mol. The highest BCUT2D eigenvalue weighted by Gasteiger charge is 2.48. The summed E-state index contributed by atoms with van der Waals surface area (Å²) in [6, 6.07) is 22.1. The second-order valence-corrected chi connectivity index (χ2v) is 14.2. The molecule has 312 valence electrons. The molecule has 6 heterocycles. The van der Waals surface area contributed by atoms with Crippen molar-refractivity contribution in [1.82, 2.24) is 34.7 Å². The lowest BCUT2D eigenvalue weighted by Gasteiger charge is -2.27. The fourth-order valence-corrected chi connectivity index (χ4v) is 7.26. The molecule has 2 amide bonds. The van der Waals surface area contributed by atoms with E-state index in [2.05, 4.69) is 30.6 Å². The maximum atomic E-state index is 13.5. The Morgan fingerprint density at radius 2 is 1.75 bits per heavy atom.